The van der Waals surface area contributed by atoms with E-state index < -0.39 is 10.0 Å². The Hall–Kier alpha value is -2.87. The lowest BCUT2D eigenvalue weighted by molar-refractivity contribution is -0.118. The first-order valence-electron chi connectivity index (χ1n) is 10.2. The Kier molecular flexibility index (Phi) is 6.50. The van der Waals surface area contributed by atoms with Crippen molar-refractivity contribution in [2.45, 2.75) is 24.8 Å². The van der Waals surface area contributed by atoms with Crippen LogP contribution in [0.2, 0.25) is 5.02 Å². The average Bonchev–Trinajstić information content (AvgIpc) is 2.77. The number of carbonyl (C=O) groups is 1. The van der Waals surface area contributed by atoms with E-state index in [1.807, 2.05) is 43.3 Å². The van der Waals surface area contributed by atoms with E-state index in [4.69, 9.17) is 16.3 Å². The molecular weight excluding hydrogens is 448 g/mol. The number of carbonyl (C=O) groups excluding carboxylic acids is 1. The highest BCUT2D eigenvalue weighted by Crippen LogP contribution is 2.27. The molecule has 0 fully saturated rings. The molecule has 0 atom stereocenters. The first kappa shape index (κ1) is 22.3. The number of sulfonamides is 1. The molecule has 0 aliphatic carbocycles. The van der Waals surface area contributed by atoms with Crippen molar-refractivity contribution in [3.8, 4) is 5.75 Å². The number of aryl methyl sites for hydroxylation is 1. The fraction of sp³-hybridized carbons (Fsp3) is 0.208. The highest BCUT2D eigenvalue weighted by Gasteiger charge is 2.28. The van der Waals surface area contributed by atoms with Crippen molar-refractivity contribution in [3.63, 3.8) is 0 Å². The minimum absolute atomic E-state index is 0.113. The standard InChI is InChI=1S/C24H23ClN2O4S/c1-17-3-2-4-22(13-17)31-16-24(28)26-21-8-5-18-11-12-27(15-19(18)14-21)32(29,30)23-9-6-20(25)7-10-23/h2-10,13-14H,11-12,15-16H2,1H3,(H,26,28). The third kappa shape index (κ3) is 5.12. The molecule has 0 radical (unpaired) electrons. The largest absolute Gasteiger partial charge is 0.484 e. The number of hydrogen-bond donors (Lipinski definition) is 1. The zero-order valence-electron chi connectivity index (χ0n) is 17.5. The normalized spacial score (nSPS) is 13.9. The molecule has 1 heterocycles. The Balaban J connectivity index is 1.43. The van der Waals surface area contributed by atoms with Crippen molar-refractivity contribution in [2.24, 2.45) is 0 Å². The van der Waals surface area contributed by atoms with Gasteiger partial charge in [-0.3, -0.25) is 4.79 Å². The van der Waals surface area contributed by atoms with Crippen LogP contribution >= 0.6 is 11.6 Å². The van der Waals surface area contributed by atoms with Gasteiger partial charge in [-0.2, -0.15) is 4.31 Å². The van der Waals surface area contributed by atoms with Gasteiger partial charge in [0.25, 0.3) is 5.91 Å². The molecule has 1 N–H and O–H groups in total. The molecule has 6 nitrogen and oxygen atoms in total. The number of ether oxygens (including phenoxy) is 1. The van der Waals surface area contributed by atoms with Gasteiger partial charge >= 0.3 is 0 Å². The van der Waals surface area contributed by atoms with Crippen LogP contribution in [-0.2, 0) is 27.8 Å². The summed E-state index contributed by atoms with van der Waals surface area (Å²) < 4.78 is 33.0. The van der Waals surface area contributed by atoms with Crippen molar-refractivity contribution in [1.29, 1.82) is 0 Å². The number of fused-ring (bicyclic) bond motifs is 1. The Morgan fingerprint density at radius 2 is 1.84 bits per heavy atom. The molecule has 0 bridgehead atoms. The molecule has 3 aromatic carbocycles. The molecule has 0 saturated carbocycles. The maximum absolute atomic E-state index is 13.0. The van der Waals surface area contributed by atoms with Crippen LogP contribution in [0.25, 0.3) is 0 Å². The lowest BCUT2D eigenvalue weighted by Gasteiger charge is -2.28. The molecule has 1 aliphatic heterocycles. The lowest BCUT2D eigenvalue weighted by Crippen LogP contribution is -2.36. The summed E-state index contributed by atoms with van der Waals surface area (Å²) in [5.74, 6) is 0.349. The third-order valence-electron chi connectivity index (χ3n) is 5.28. The van der Waals surface area contributed by atoms with Gasteiger partial charge in [0.15, 0.2) is 6.61 Å². The molecule has 0 aromatic heterocycles. The lowest BCUT2D eigenvalue weighted by atomic mass is 10.0. The smallest absolute Gasteiger partial charge is 0.262 e. The summed E-state index contributed by atoms with van der Waals surface area (Å²) in [5.41, 5.74) is 3.59. The van der Waals surface area contributed by atoms with E-state index in [2.05, 4.69) is 5.32 Å². The molecule has 8 heteroatoms. The van der Waals surface area contributed by atoms with Gasteiger partial charge < -0.3 is 10.1 Å². The van der Waals surface area contributed by atoms with E-state index in [-0.39, 0.29) is 24.0 Å². The highest BCUT2D eigenvalue weighted by molar-refractivity contribution is 7.89. The second-order valence-corrected chi connectivity index (χ2v) is 10.1. The van der Waals surface area contributed by atoms with Gasteiger partial charge in [0.1, 0.15) is 5.75 Å². The summed E-state index contributed by atoms with van der Waals surface area (Å²) in [6.45, 7) is 2.48. The topological polar surface area (TPSA) is 75.7 Å². The zero-order valence-corrected chi connectivity index (χ0v) is 19.1. The van der Waals surface area contributed by atoms with Gasteiger partial charge in [0, 0.05) is 23.8 Å². The van der Waals surface area contributed by atoms with Crippen molar-refractivity contribution in [1.82, 2.24) is 4.31 Å². The van der Waals surface area contributed by atoms with E-state index in [0.29, 0.717) is 29.4 Å². The maximum Gasteiger partial charge on any atom is 0.262 e. The molecule has 0 unspecified atom stereocenters. The fourth-order valence-electron chi connectivity index (χ4n) is 3.62. The molecule has 166 valence electrons. The number of halogens is 1. The van der Waals surface area contributed by atoms with Gasteiger partial charge in [-0.05, 0) is 78.6 Å². The average molecular weight is 471 g/mol. The number of rotatable bonds is 6. The first-order chi connectivity index (χ1) is 15.3. The van der Waals surface area contributed by atoms with Crippen LogP contribution in [0.4, 0.5) is 5.69 Å². The quantitative estimate of drug-likeness (QED) is 0.579. The minimum atomic E-state index is -3.63. The summed E-state index contributed by atoms with van der Waals surface area (Å²) in [7, 11) is -3.63. The molecule has 0 saturated heterocycles. The number of amides is 1. The molecule has 32 heavy (non-hydrogen) atoms. The van der Waals surface area contributed by atoms with Crippen LogP contribution in [0.1, 0.15) is 16.7 Å². The highest BCUT2D eigenvalue weighted by atomic mass is 35.5. The summed E-state index contributed by atoms with van der Waals surface area (Å²) in [6.07, 6.45) is 0.604. The number of anilines is 1. The van der Waals surface area contributed by atoms with Gasteiger partial charge in [0.2, 0.25) is 10.0 Å². The van der Waals surface area contributed by atoms with E-state index in [1.54, 1.807) is 18.2 Å². The second-order valence-electron chi connectivity index (χ2n) is 7.68. The van der Waals surface area contributed by atoms with Crippen LogP contribution < -0.4 is 10.1 Å². The van der Waals surface area contributed by atoms with Crippen LogP contribution in [0.5, 0.6) is 5.75 Å². The Morgan fingerprint density at radius 3 is 2.59 bits per heavy atom. The van der Waals surface area contributed by atoms with Gasteiger partial charge in [-0.15, -0.1) is 0 Å². The molecule has 4 rings (SSSR count). The van der Waals surface area contributed by atoms with Crippen LogP contribution in [0.15, 0.2) is 71.6 Å². The van der Waals surface area contributed by atoms with E-state index >= 15 is 0 Å². The second kappa shape index (κ2) is 9.32. The van der Waals surface area contributed by atoms with E-state index in [0.717, 1.165) is 16.7 Å². The third-order valence-corrected chi connectivity index (χ3v) is 7.39. The fourth-order valence-corrected chi connectivity index (χ4v) is 5.17. The zero-order chi connectivity index (χ0) is 22.7. The predicted molar refractivity (Wildman–Crippen MR) is 124 cm³/mol. The summed E-state index contributed by atoms with van der Waals surface area (Å²) in [6, 6.07) is 19.2. The monoisotopic (exact) mass is 470 g/mol. The van der Waals surface area contributed by atoms with Crippen LogP contribution in [0, 0.1) is 6.92 Å². The predicted octanol–water partition coefficient (Wildman–Crippen LogP) is 4.41. The number of benzene rings is 3. The van der Waals surface area contributed by atoms with Gasteiger partial charge in [0.05, 0.1) is 4.90 Å². The Labute approximate surface area is 192 Å². The van der Waals surface area contributed by atoms with E-state index in [1.165, 1.54) is 16.4 Å². The number of hydrogen-bond acceptors (Lipinski definition) is 4. The Morgan fingerprint density at radius 1 is 1.06 bits per heavy atom. The maximum atomic E-state index is 13.0. The van der Waals surface area contributed by atoms with Gasteiger partial charge in [-0.1, -0.05) is 29.8 Å². The van der Waals surface area contributed by atoms with Crippen molar-refractivity contribution in [3.05, 3.63) is 88.4 Å². The van der Waals surface area contributed by atoms with Gasteiger partial charge in [-0.25, -0.2) is 8.42 Å². The SMILES string of the molecule is Cc1cccc(OCC(=O)Nc2ccc3c(c2)CN(S(=O)(=O)c2ccc(Cl)cc2)CC3)c1. The number of nitrogens with zero attached hydrogens (tertiary/aromatic N) is 1. The van der Waals surface area contributed by atoms with Crippen LogP contribution in [0.3, 0.4) is 0 Å². The van der Waals surface area contributed by atoms with Crippen LogP contribution in [-0.4, -0.2) is 31.8 Å². The molecule has 1 aliphatic rings. The number of nitrogens with one attached hydrogen (secondary N) is 1. The Bertz CT molecular complexity index is 1240. The van der Waals surface area contributed by atoms with Crippen molar-refractivity contribution >= 4 is 33.2 Å². The van der Waals surface area contributed by atoms with E-state index in [9.17, 15) is 13.2 Å². The summed E-state index contributed by atoms with van der Waals surface area (Å²) in [5, 5.41) is 3.31. The summed E-state index contributed by atoms with van der Waals surface area (Å²) >= 11 is 5.89. The minimum Gasteiger partial charge on any atom is -0.484 e. The molecule has 0 spiro atoms. The first-order valence-corrected chi connectivity index (χ1v) is 12.0. The molecule has 1 amide bonds. The molecule has 3 aromatic rings. The summed E-state index contributed by atoms with van der Waals surface area (Å²) in [4.78, 5) is 12.5. The molecular formula is C24H23ClN2O4S. The van der Waals surface area contributed by atoms with Crippen molar-refractivity contribution < 1.29 is 17.9 Å². The van der Waals surface area contributed by atoms with Crippen molar-refractivity contribution in [2.75, 3.05) is 18.5 Å².